The Morgan fingerprint density at radius 3 is 2.90 bits per heavy atom. The zero-order valence-electron chi connectivity index (χ0n) is 12.0. The van der Waals surface area contributed by atoms with E-state index in [2.05, 4.69) is 11.4 Å². The van der Waals surface area contributed by atoms with E-state index in [9.17, 15) is 4.79 Å². The standard InChI is InChI=1S/C16H22ClNOS/c1-18(14-7-3-2-6-13(14)17)16(19)12-5-4-8-15-11(12)9-10-20-15/h9-10,12-14H,2-8H2,1H3. The van der Waals surface area contributed by atoms with Crippen molar-refractivity contribution in [2.75, 3.05) is 7.05 Å². The first kappa shape index (κ1) is 14.4. The number of hydrogen-bond acceptors (Lipinski definition) is 2. The number of alkyl halides is 1. The van der Waals surface area contributed by atoms with Gasteiger partial charge in [-0.05, 0) is 49.1 Å². The van der Waals surface area contributed by atoms with E-state index >= 15 is 0 Å². The van der Waals surface area contributed by atoms with Crippen LogP contribution in [0.4, 0.5) is 0 Å². The van der Waals surface area contributed by atoms with Gasteiger partial charge < -0.3 is 4.90 Å². The SMILES string of the molecule is CN(C(=O)C1CCCc2sccc21)C1CCCCC1Cl. The Balaban J connectivity index is 1.76. The van der Waals surface area contributed by atoms with E-state index < -0.39 is 0 Å². The zero-order chi connectivity index (χ0) is 14.1. The number of carbonyl (C=O) groups excluding carboxylic acids is 1. The number of likely N-dealkylation sites (N-methyl/N-ethyl adjacent to an activating group) is 1. The molecule has 0 aliphatic heterocycles. The molecule has 1 aromatic rings. The van der Waals surface area contributed by atoms with Gasteiger partial charge in [0.2, 0.25) is 5.91 Å². The molecule has 0 aromatic carbocycles. The number of rotatable bonds is 2. The largest absolute Gasteiger partial charge is 0.341 e. The molecule has 20 heavy (non-hydrogen) atoms. The van der Waals surface area contributed by atoms with Gasteiger partial charge in [-0.25, -0.2) is 0 Å². The van der Waals surface area contributed by atoms with E-state index in [0.717, 1.165) is 32.1 Å². The van der Waals surface area contributed by atoms with Crippen LogP contribution in [0.2, 0.25) is 0 Å². The quantitative estimate of drug-likeness (QED) is 0.750. The Hall–Kier alpha value is -0.540. The van der Waals surface area contributed by atoms with Crippen LogP contribution in [0.1, 0.15) is 54.9 Å². The summed E-state index contributed by atoms with van der Waals surface area (Å²) in [7, 11) is 1.95. The maximum Gasteiger partial charge on any atom is 0.230 e. The zero-order valence-corrected chi connectivity index (χ0v) is 13.6. The van der Waals surface area contributed by atoms with Gasteiger partial charge in [0, 0.05) is 18.0 Å². The highest BCUT2D eigenvalue weighted by atomic mass is 35.5. The summed E-state index contributed by atoms with van der Waals surface area (Å²) in [5.41, 5.74) is 1.28. The van der Waals surface area contributed by atoms with Gasteiger partial charge in [-0.3, -0.25) is 4.79 Å². The van der Waals surface area contributed by atoms with E-state index in [1.54, 1.807) is 11.3 Å². The Labute approximate surface area is 130 Å². The molecule has 3 rings (SSSR count). The number of nitrogens with zero attached hydrogens (tertiary/aromatic N) is 1. The summed E-state index contributed by atoms with van der Waals surface area (Å²) in [6.45, 7) is 0. The van der Waals surface area contributed by atoms with Gasteiger partial charge in [-0.1, -0.05) is 12.8 Å². The predicted molar refractivity (Wildman–Crippen MR) is 84.7 cm³/mol. The summed E-state index contributed by atoms with van der Waals surface area (Å²) in [6.07, 6.45) is 7.75. The molecule has 2 aliphatic carbocycles. The van der Waals surface area contributed by atoms with Crippen LogP contribution in [0.3, 0.4) is 0 Å². The lowest BCUT2D eigenvalue weighted by Gasteiger charge is -2.37. The molecule has 1 saturated carbocycles. The molecule has 0 saturated heterocycles. The minimum atomic E-state index is 0.0702. The molecule has 2 nitrogen and oxygen atoms in total. The van der Waals surface area contributed by atoms with Gasteiger partial charge in [0.05, 0.1) is 11.3 Å². The average Bonchev–Trinajstić information content (AvgIpc) is 2.94. The summed E-state index contributed by atoms with van der Waals surface area (Å²) < 4.78 is 0. The normalized spacial score (nSPS) is 29.8. The second-order valence-electron chi connectivity index (χ2n) is 6.06. The Morgan fingerprint density at radius 1 is 1.30 bits per heavy atom. The first-order valence-corrected chi connectivity index (χ1v) is 8.97. The highest BCUT2D eigenvalue weighted by Crippen LogP contribution is 2.37. The number of hydrogen-bond donors (Lipinski definition) is 0. The van der Waals surface area contributed by atoms with E-state index in [1.807, 2.05) is 11.9 Å². The fourth-order valence-corrected chi connectivity index (χ4v) is 5.09. The van der Waals surface area contributed by atoms with Crippen LogP contribution in [-0.4, -0.2) is 29.3 Å². The smallest absolute Gasteiger partial charge is 0.230 e. The van der Waals surface area contributed by atoms with Gasteiger partial charge in [-0.15, -0.1) is 22.9 Å². The molecule has 0 N–H and O–H groups in total. The maximum absolute atomic E-state index is 12.9. The topological polar surface area (TPSA) is 20.3 Å². The molecule has 1 aromatic heterocycles. The number of carbonyl (C=O) groups is 1. The van der Waals surface area contributed by atoms with Crippen molar-refractivity contribution in [1.29, 1.82) is 0 Å². The van der Waals surface area contributed by atoms with Crippen molar-refractivity contribution in [2.45, 2.75) is 62.3 Å². The summed E-state index contributed by atoms with van der Waals surface area (Å²) in [5.74, 6) is 0.350. The molecule has 1 heterocycles. The van der Waals surface area contributed by atoms with E-state index in [-0.39, 0.29) is 23.2 Å². The summed E-state index contributed by atoms with van der Waals surface area (Å²) in [6, 6.07) is 2.37. The van der Waals surface area contributed by atoms with E-state index in [1.165, 1.54) is 23.3 Å². The lowest BCUT2D eigenvalue weighted by atomic mass is 9.85. The molecule has 3 unspecified atom stereocenters. The van der Waals surface area contributed by atoms with Crippen molar-refractivity contribution in [3.8, 4) is 0 Å². The average molecular weight is 312 g/mol. The van der Waals surface area contributed by atoms with E-state index in [4.69, 9.17) is 11.6 Å². The molecule has 0 spiro atoms. The monoisotopic (exact) mass is 311 g/mol. The van der Waals surface area contributed by atoms with Crippen molar-refractivity contribution in [3.63, 3.8) is 0 Å². The van der Waals surface area contributed by atoms with Crippen LogP contribution in [-0.2, 0) is 11.2 Å². The van der Waals surface area contributed by atoms with Gasteiger partial charge in [0.1, 0.15) is 0 Å². The number of thiophene rings is 1. The predicted octanol–water partition coefficient (Wildman–Crippen LogP) is 4.18. The fourth-order valence-electron chi connectivity index (χ4n) is 3.65. The first-order valence-electron chi connectivity index (χ1n) is 7.65. The molecule has 4 heteroatoms. The molecular weight excluding hydrogens is 290 g/mol. The lowest BCUT2D eigenvalue weighted by Crippen LogP contribution is -2.46. The van der Waals surface area contributed by atoms with Crippen LogP contribution in [0.15, 0.2) is 11.4 Å². The number of halogens is 1. The molecule has 1 fully saturated rings. The third kappa shape index (κ3) is 2.62. The highest BCUT2D eigenvalue weighted by molar-refractivity contribution is 7.10. The molecular formula is C16H22ClNOS. The number of fused-ring (bicyclic) bond motifs is 1. The second-order valence-corrected chi connectivity index (χ2v) is 7.62. The Morgan fingerprint density at radius 2 is 2.10 bits per heavy atom. The van der Waals surface area contributed by atoms with Crippen molar-refractivity contribution >= 4 is 28.8 Å². The Bertz CT molecular complexity index is 487. The maximum atomic E-state index is 12.9. The second kappa shape index (κ2) is 6.07. The molecule has 1 amide bonds. The van der Waals surface area contributed by atoms with Gasteiger partial charge in [0.25, 0.3) is 0 Å². The van der Waals surface area contributed by atoms with Crippen LogP contribution >= 0.6 is 22.9 Å². The Kier molecular flexibility index (Phi) is 4.37. The third-order valence-corrected chi connectivity index (χ3v) is 6.35. The molecule has 2 aliphatic rings. The molecule has 3 atom stereocenters. The lowest BCUT2D eigenvalue weighted by molar-refractivity contribution is -0.134. The molecule has 0 bridgehead atoms. The van der Waals surface area contributed by atoms with Gasteiger partial charge >= 0.3 is 0 Å². The summed E-state index contributed by atoms with van der Waals surface area (Å²) in [4.78, 5) is 16.2. The first-order chi connectivity index (χ1) is 9.68. The number of aryl methyl sites for hydroxylation is 1. The molecule has 110 valence electrons. The summed E-state index contributed by atoms with van der Waals surface area (Å²) >= 11 is 8.25. The van der Waals surface area contributed by atoms with E-state index in [0.29, 0.717) is 0 Å². The van der Waals surface area contributed by atoms with Gasteiger partial charge in [0.15, 0.2) is 0 Å². The minimum absolute atomic E-state index is 0.0702. The third-order valence-electron chi connectivity index (χ3n) is 4.84. The van der Waals surface area contributed by atoms with Crippen LogP contribution in [0, 0.1) is 0 Å². The molecule has 0 radical (unpaired) electrons. The summed E-state index contributed by atoms with van der Waals surface area (Å²) in [5, 5.41) is 2.25. The highest BCUT2D eigenvalue weighted by Gasteiger charge is 2.35. The van der Waals surface area contributed by atoms with Crippen LogP contribution in [0.5, 0.6) is 0 Å². The van der Waals surface area contributed by atoms with Crippen LogP contribution in [0.25, 0.3) is 0 Å². The minimum Gasteiger partial charge on any atom is -0.341 e. The van der Waals surface area contributed by atoms with Crippen molar-refractivity contribution in [2.24, 2.45) is 0 Å². The van der Waals surface area contributed by atoms with Crippen molar-refractivity contribution in [3.05, 3.63) is 21.9 Å². The van der Waals surface area contributed by atoms with Crippen LogP contribution < -0.4 is 0 Å². The van der Waals surface area contributed by atoms with Crippen molar-refractivity contribution < 1.29 is 4.79 Å². The van der Waals surface area contributed by atoms with Crippen molar-refractivity contribution in [1.82, 2.24) is 4.90 Å². The number of amides is 1. The van der Waals surface area contributed by atoms with Gasteiger partial charge in [-0.2, -0.15) is 0 Å². The fraction of sp³-hybridized carbons (Fsp3) is 0.688.